The third-order valence-electron chi connectivity index (χ3n) is 5.94. The van der Waals surface area contributed by atoms with Crippen LogP contribution in [-0.2, 0) is 22.6 Å². The number of hydrogen-bond acceptors (Lipinski definition) is 7. The van der Waals surface area contributed by atoms with Gasteiger partial charge >= 0.3 is 0 Å². The first kappa shape index (κ1) is 24.2. The van der Waals surface area contributed by atoms with E-state index in [9.17, 15) is 14.9 Å². The van der Waals surface area contributed by atoms with Gasteiger partial charge in [0.15, 0.2) is 0 Å². The van der Waals surface area contributed by atoms with Crippen LogP contribution in [0.1, 0.15) is 35.6 Å². The number of amides is 1. The average molecular weight is 495 g/mol. The Bertz CT molecular complexity index is 1240. The molecule has 2 aromatic rings. The molecule has 1 aromatic heterocycles. The summed E-state index contributed by atoms with van der Waals surface area (Å²) in [5.41, 5.74) is 2.10. The van der Waals surface area contributed by atoms with Crippen molar-refractivity contribution in [3.63, 3.8) is 0 Å². The molecule has 0 atom stereocenters. The van der Waals surface area contributed by atoms with Crippen molar-refractivity contribution >= 4 is 46.1 Å². The van der Waals surface area contributed by atoms with Gasteiger partial charge in [-0.15, -0.1) is 0 Å². The maximum absolute atomic E-state index is 13.3. The van der Waals surface area contributed by atoms with Crippen molar-refractivity contribution in [1.82, 2.24) is 9.47 Å². The zero-order chi connectivity index (χ0) is 24.2. The second-order valence-corrected chi connectivity index (χ2v) is 9.83. The van der Waals surface area contributed by atoms with Gasteiger partial charge in [0, 0.05) is 25.2 Å². The first-order valence-corrected chi connectivity index (χ1v) is 12.5. The Morgan fingerprint density at radius 1 is 1.21 bits per heavy atom. The van der Waals surface area contributed by atoms with Crippen LogP contribution in [-0.4, -0.2) is 46.0 Å². The number of aromatic nitrogens is 1. The van der Waals surface area contributed by atoms with Crippen LogP contribution in [0, 0.1) is 18.3 Å². The molecule has 2 fully saturated rings. The third kappa shape index (κ3) is 4.67. The molecule has 9 heteroatoms. The van der Waals surface area contributed by atoms with Crippen LogP contribution in [0.2, 0.25) is 0 Å². The molecule has 2 aliphatic heterocycles. The molecule has 3 heterocycles. The second kappa shape index (κ2) is 10.6. The van der Waals surface area contributed by atoms with Gasteiger partial charge in [-0.05, 0) is 30.5 Å². The van der Waals surface area contributed by atoms with Crippen LogP contribution in [0.4, 0.5) is 5.82 Å². The van der Waals surface area contributed by atoms with Gasteiger partial charge < -0.3 is 9.64 Å². The number of ether oxygens (including phenoxy) is 1. The molecule has 1 amide bonds. The molecule has 0 spiro atoms. The average Bonchev–Trinajstić information content (AvgIpc) is 3.11. The highest BCUT2D eigenvalue weighted by Crippen LogP contribution is 2.36. The topological polar surface area (TPSA) is 78.6 Å². The van der Waals surface area contributed by atoms with E-state index in [1.54, 1.807) is 22.5 Å². The third-order valence-corrected chi connectivity index (χ3v) is 7.31. The summed E-state index contributed by atoms with van der Waals surface area (Å²) in [6.07, 6.45) is 2.54. The minimum Gasteiger partial charge on any atom is -0.378 e. The van der Waals surface area contributed by atoms with E-state index in [-0.39, 0.29) is 17.0 Å². The Hall–Kier alpha value is -2.93. The quantitative estimate of drug-likeness (QED) is 0.448. The van der Waals surface area contributed by atoms with Gasteiger partial charge in [0.25, 0.3) is 11.5 Å². The van der Waals surface area contributed by atoms with Gasteiger partial charge in [0.1, 0.15) is 21.8 Å². The van der Waals surface area contributed by atoms with E-state index < -0.39 is 0 Å². The molecule has 176 valence electrons. The maximum atomic E-state index is 13.3. The van der Waals surface area contributed by atoms with Crippen molar-refractivity contribution in [2.24, 2.45) is 0 Å². The molecule has 0 unspecified atom stereocenters. The molecule has 0 N–H and O–H groups in total. The first-order valence-electron chi connectivity index (χ1n) is 11.3. The monoisotopic (exact) mass is 494 g/mol. The van der Waals surface area contributed by atoms with Gasteiger partial charge in [-0.1, -0.05) is 61.2 Å². The molecule has 34 heavy (non-hydrogen) atoms. The molecular formula is C25H26N4O3S2. The fourth-order valence-corrected chi connectivity index (χ4v) is 5.46. The number of hydrogen-bond donors (Lipinski definition) is 0. The number of nitrogens with zero attached hydrogens (tertiary/aromatic N) is 4. The number of rotatable bonds is 6. The van der Waals surface area contributed by atoms with Gasteiger partial charge in [-0.25, -0.2) is 0 Å². The summed E-state index contributed by atoms with van der Waals surface area (Å²) in [5, 5.41) is 9.76. The highest BCUT2D eigenvalue weighted by Gasteiger charge is 2.33. The number of morpholine rings is 1. The highest BCUT2D eigenvalue weighted by molar-refractivity contribution is 8.26. The Morgan fingerprint density at radius 3 is 2.56 bits per heavy atom. The lowest BCUT2D eigenvalue weighted by Crippen LogP contribution is -2.41. The predicted molar refractivity (Wildman–Crippen MR) is 139 cm³/mol. The smallest absolute Gasteiger partial charge is 0.270 e. The van der Waals surface area contributed by atoms with Crippen molar-refractivity contribution < 1.29 is 9.53 Å². The fraction of sp³-hybridized carbons (Fsp3) is 0.360. The van der Waals surface area contributed by atoms with Crippen molar-refractivity contribution in [3.05, 3.63) is 67.8 Å². The summed E-state index contributed by atoms with van der Waals surface area (Å²) >= 11 is 6.78. The lowest BCUT2D eigenvalue weighted by molar-refractivity contribution is -0.122. The number of nitriles is 1. The van der Waals surface area contributed by atoms with Crippen molar-refractivity contribution in [3.8, 4) is 6.07 Å². The predicted octanol–water partition coefficient (Wildman–Crippen LogP) is 3.68. The van der Waals surface area contributed by atoms with Crippen molar-refractivity contribution in [2.75, 3.05) is 31.2 Å². The molecule has 0 radical (unpaired) electrons. The Morgan fingerprint density at radius 2 is 1.91 bits per heavy atom. The Labute approximate surface area is 208 Å². The standard InChI is InChI=1S/C25H26N4O3S2/c1-3-9-28-22(27-10-12-32-13-11-27)19(17(2)20(15-26)23(28)30)14-21-24(31)29(25(33)34-21)16-18-7-5-4-6-8-18/h4-8,14H,3,9-13,16H2,1-2H3/b21-14+. The van der Waals surface area contributed by atoms with Crippen LogP contribution in [0.25, 0.3) is 6.08 Å². The number of benzene rings is 1. The van der Waals surface area contributed by atoms with Crippen molar-refractivity contribution in [1.29, 1.82) is 5.26 Å². The van der Waals surface area contributed by atoms with Crippen LogP contribution in [0.15, 0.2) is 40.0 Å². The summed E-state index contributed by atoms with van der Waals surface area (Å²) in [7, 11) is 0. The summed E-state index contributed by atoms with van der Waals surface area (Å²) in [5.74, 6) is 0.568. The molecule has 0 saturated carbocycles. The molecule has 7 nitrogen and oxygen atoms in total. The zero-order valence-corrected chi connectivity index (χ0v) is 20.9. The van der Waals surface area contributed by atoms with Gasteiger partial charge in [0.05, 0.1) is 24.7 Å². The highest BCUT2D eigenvalue weighted by atomic mass is 32.2. The molecule has 4 rings (SSSR count). The largest absolute Gasteiger partial charge is 0.378 e. The van der Waals surface area contributed by atoms with Crippen LogP contribution >= 0.6 is 24.0 Å². The lowest BCUT2D eigenvalue weighted by Gasteiger charge is -2.33. The second-order valence-electron chi connectivity index (χ2n) is 8.16. The number of thioether (sulfide) groups is 1. The van der Waals surface area contributed by atoms with E-state index in [0.717, 1.165) is 17.8 Å². The lowest BCUT2D eigenvalue weighted by atomic mass is 10.0. The Balaban J connectivity index is 1.82. The van der Waals surface area contributed by atoms with Crippen molar-refractivity contribution in [2.45, 2.75) is 33.4 Å². The van der Waals surface area contributed by atoms with Crippen LogP contribution < -0.4 is 10.5 Å². The SMILES string of the molecule is CCCn1c(N2CCOCC2)c(/C=C2/SC(=S)N(Cc3ccccc3)C2=O)c(C)c(C#N)c1=O. The van der Waals surface area contributed by atoms with Crippen LogP contribution in [0.5, 0.6) is 0 Å². The first-order chi connectivity index (χ1) is 16.5. The van der Waals surface area contributed by atoms with E-state index in [4.69, 9.17) is 17.0 Å². The molecule has 2 aliphatic rings. The molecule has 0 aliphatic carbocycles. The molecule has 0 bridgehead atoms. The van der Waals surface area contributed by atoms with E-state index in [0.29, 0.717) is 59.7 Å². The minimum absolute atomic E-state index is 0.108. The van der Waals surface area contributed by atoms with E-state index in [1.807, 2.05) is 37.3 Å². The van der Waals surface area contributed by atoms with Gasteiger partial charge in [0.2, 0.25) is 0 Å². The number of anilines is 1. The molecule has 2 saturated heterocycles. The number of thiocarbonyl (C=S) groups is 1. The van der Waals surface area contributed by atoms with E-state index in [1.165, 1.54) is 11.8 Å². The summed E-state index contributed by atoms with van der Waals surface area (Å²) in [4.78, 5) is 30.7. The van der Waals surface area contributed by atoms with Crippen LogP contribution in [0.3, 0.4) is 0 Å². The number of pyridine rings is 1. The number of carbonyl (C=O) groups is 1. The Kier molecular flexibility index (Phi) is 7.51. The van der Waals surface area contributed by atoms with Gasteiger partial charge in [-0.2, -0.15) is 5.26 Å². The van der Waals surface area contributed by atoms with Gasteiger partial charge in [-0.3, -0.25) is 19.1 Å². The number of carbonyl (C=O) groups excluding carboxylic acids is 1. The van der Waals surface area contributed by atoms with E-state index >= 15 is 0 Å². The zero-order valence-electron chi connectivity index (χ0n) is 19.2. The minimum atomic E-state index is -0.294. The maximum Gasteiger partial charge on any atom is 0.270 e. The fourth-order valence-electron chi connectivity index (χ4n) is 4.22. The summed E-state index contributed by atoms with van der Waals surface area (Å²) in [6.45, 7) is 7.02. The summed E-state index contributed by atoms with van der Waals surface area (Å²) in [6, 6.07) is 11.8. The molecular weight excluding hydrogens is 468 g/mol. The molecule has 1 aromatic carbocycles. The normalized spacial score (nSPS) is 17.5. The van der Waals surface area contributed by atoms with E-state index in [2.05, 4.69) is 11.0 Å². The summed E-state index contributed by atoms with van der Waals surface area (Å²) < 4.78 is 7.69.